The van der Waals surface area contributed by atoms with E-state index in [9.17, 15) is 9.18 Å². The van der Waals surface area contributed by atoms with Gasteiger partial charge in [0.05, 0.1) is 12.8 Å². The summed E-state index contributed by atoms with van der Waals surface area (Å²) in [6.45, 7) is 2.94. The summed E-state index contributed by atoms with van der Waals surface area (Å²) in [7, 11) is 1.67. The lowest BCUT2D eigenvalue weighted by molar-refractivity contribution is 0.0913. The maximum atomic E-state index is 13.3. The molecule has 2 aromatic carbocycles. The van der Waals surface area contributed by atoms with Crippen LogP contribution in [0, 0.1) is 5.82 Å². The normalized spacial score (nSPS) is 16.8. The topological polar surface area (TPSA) is 67.6 Å². The van der Waals surface area contributed by atoms with Crippen LogP contribution in [0.4, 0.5) is 4.39 Å². The third kappa shape index (κ3) is 5.49. The number of hydrogen-bond acceptors (Lipinski definition) is 5. The molecule has 1 aliphatic heterocycles. The Labute approximate surface area is 181 Å². The molecule has 31 heavy (non-hydrogen) atoms. The van der Waals surface area contributed by atoms with Crippen LogP contribution in [-0.4, -0.2) is 36.2 Å². The van der Waals surface area contributed by atoms with Gasteiger partial charge in [-0.05, 0) is 54.8 Å². The SMILES string of the molecule is COc1cccc(CN2CCCC(c3cc(C(=O)NCc4cccc(F)c4)on3)C2)c1. The van der Waals surface area contributed by atoms with Gasteiger partial charge >= 0.3 is 0 Å². The third-order valence-corrected chi connectivity index (χ3v) is 5.56. The number of amides is 1. The number of likely N-dealkylation sites (tertiary alicyclic amines) is 1. The molecule has 1 aromatic heterocycles. The van der Waals surface area contributed by atoms with Crippen molar-refractivity contribution in [3.63, 3.8) is 0 Å². The van der Waals surface area contributed by atoms with Crippen LogP contribution in [0.25, 0.3) is 0 Å². The number of aromatic nitrogens is 1. The van der Waals surface area contributed by atoms with Crippen LogP contribution < -0.4 is 10.1 Å². The van der Waals surface area contributed by atoms with E-state index >= 15 is 0 Å². The largest absolute Gasteiger partial charge is 0.497 e. The number of hydrogen-bond donors (Lipinski definition) is 1. The molecule has 0 saturated carbocycles. The molecule has 0 aliphatic carbocycles. The predicted octanol–water partition coefficient (Wildman–Crippen LogP) is 4.13. The number of carbonyl (C=O) groups excluding carboxylic acids is 1. The second-order valence-electron chi connectivity index (χ2n) is 7.85. The van der Waals surface area contributed by atoms with Gasteiger partial charge in [-0.3, -0.25) is 9.69 Å². The first-order valence-corrected chi connectivity index (χ1v) is 10.5. The van der Waals surface area contributed by atoms with Crippen LogP contribution in [-0.2, 0) is 13.1 Å². The minimum Gasteiger partial charge on any atom is -0.497 e. The molecule has 162 valence electrons. The molecule has 1 unspecified atom stereocenters. The fourth-order valence-electron chi connectivity index (χ4n) is 3.97. The lowest BCUT2D eigenvalue weighted by atomic mass is 9.94. The van der Waals surface area contributed by atoms with Gasteiger partial charge in [-0.1, -0.05) is 29.4 Å². The van der Waals surface area contributed by atoms with Crippen LogP contribution in [0.1, 0.15) is 46.1 Å². The molecule has 1 fully saturated rings. The predicted molar refractivity (Wildman–Crippen MR) is 114 cm³/mol. The molecule has 3 aromatic rings. The zero-order chi connectivity index (χ0) is 21.6. The number of rotatable bonds is 7. The molecule has 0 radical (unpaired) electrons. The van der Waals surface area contributed by atoms with Gasteiger partial charge < -0.3 is 14.6 Å². The Balaban J connectivity index is 1.34. The number of carbonyl (C=O) groups is 1. The minimum absolute atomic E-state index is 0.177. The van der Waals surface area contributed by atoms with Crippen LogP contribution in [0.15, 0.2) is 59.1 Å². The summed E-state index contributed by atoms with van der Waals surface area (Å²) in [5, 5.41) is 6.91. The number of benzene rings is 2. The number of piperidine rings is 1. The second kappa shape index (κ2) is 9.75. The maximum Gasteiger partial charge on any atom is 0.290 e. The van der Waals surface area contributed by atoms with E-state index < -0.39 is 0 Å². The van der Waals surface area contributed by atoms with Crippen molar-refractivity contribution in [1.29, 1.82) is 0 Å². The van der Waals surface area contributed by atoms with Crippen LogP contribution >= 0.6 is 0 Å². The van der Waals surface area contributed by atoms with E-state index in [0.29, 0.717) is 5.56 Å². The van der Waals surface area contributed by atoms with E-state index in [1.807, 2.05) is 12.1 Å². The minimum atomic E-state index is -0.355. The van der Waals surface area contributed by atoms with E-state index in [0.717, 1.165) is 43.9 Å². The van der Waals surface area contributed by atoms with Gasteiger partial charge in [-0.25, -0.2) is 4.39 Å². The van der Waals surface area contributed by atoms with Crippen LogP contribution in [0.2, 0.25) is 0 Å². The number of nitrogens with zero attached hydrogens (tertiary/aromatic N) is 2. The molecule has 2 heterocycles. The van der Waals surface area contributed by atoms with Crippen molar-refractivity contribution in [2.24, 2.45) is 0 Å². The van der Waals surface area contributed by atoms with Gasteiger partial charge in [0.15, 0.2) is 0 Å². The average molecular weight is 423 g/mol. The summed E-state index contributed by atoms with van der Waals surface area (Å²) in [5.74, 6) is 0.567. The maximum absolute atomic E-state index is 13.3. The number of methoxy groups -OCH3 is 1. The van der Waals surface area contributed by atoms with E-state index in [-0.39, 0.29) is 29.9 Å². The van der Waals surface area contributed by atoms with Crippen molar-refractivity contribution >= 4 is 5.91 Å². The molecule has 0 bridgehead atoms. The molecule has 0 spiro atoms. The molecular formula is C24H26FN3O3. The van der Waals surface area contributed by atoms with Crippen molar-refractivity contribution in [2.75, 3.05) is 20.2 Å². The second-order valence-corrected chi connectivity index (χ2v) is 7.85. The van der Waals surface area contributed by atoms with Crippen molar-refractivity contribution in [3.8, 4) is 5.75 Å². The molecule has 1 saturated heterocycles. The molecule has 1 aliphatic rings. The number of nitrogens with one attached hydrogen (secondary N) is 1. The van der Waals surface area contributed by atoms with Gasteiger partial charge in [0.2, 0.25) is 5.76 Å². The van der Waals surface area contributed by atoms with Crippen molar-refractivity contribution < 1.29 is 18.4 Å². The molecule has 7 heteroatoms. The van der Waals surface area contributed by atoms with Crippen molar-refractivity contribution in [1.82, 2.24) is 15.4 Å². The summed E-state index contributed by atoms with van der Waals surface area (Å²) in [4.78, 5) is 14.8. The Morgan fingerprint density at radius 1 is 1.23 bits per heavy atom. The van der Waals surface area contributed by atoms with Gasteiger partial charge in [0.25, 0.3) is 5.91 Å². The summed E-state index contributed by atoms with van der Waals surface area (Å²) in [6, 6.07) is 16.0. The molecule has 1 amide bonds. The van der Waals surface area contributed by atoms with Crippen molar-refractivity contribution in [2.45, 2.75) is 31.8 Å². The zero-order valence-electron chi connectivity index (χ0n) is 17.5. The Hall–Kier alpha value is -3.19. The molecule has 4 rings (SSSR count). The first kappa shape index (κ1) is 21.1. The van der Waals surface area contributed by atoms with Gasteiger partial charge in [-0.15, -0.1) is 0 Å². The smallest absolute Gasteiger partial charge is 0.290 e. The van der Waals surface area contributed by atoms with E-state index in [1.54, 1.807) is 25.3 Å². The molecule has 6 nitrogen and oxygen atoms in total. The monoisotopic (exact) mass is 423 g/mol. The number of ether oxygens (including phenoxy) is 1. The Bertz CT molecular complexity index is 1040. The standard InChI is InChI=1S/C24H26FN3O3/c1-30-21-9-3-6-18(12-21)15-28-10-4-7-19(16-28)22-13-23(31-27-22)24(29)26-14-17-5-2-8-20(25)11-17/h2-3,5-6,8-9,11-13,19H,4,7,10,14-16H2,1H3,(H,26,29). The Morgan fingerprint density at radius 3 is 2.90 bits per heavy atom. The molecular weight excluding hydrogens is 397 g/mol. The molecule has 1 N–H and O–H groups in total. The highest BCUT2D eigenvalue weighted by Crippen LogP contribution is 2.28. The quantitative estimate of drug-likeness (QED) is 0.619. The summed E-state index contributed by atoms with van der Waals surface area (Å²) in [5.41, 5.74) is 2.69. The fourth-order valence-corrected chi connectivity index (χ4v) is 3.97. The summed E-state index contributed by atoms with van der Waals surface area (Å²) in [6.07, 6.45) is 2.06. The van der Waals surface area contributed by atoms with Crippen LogP contribution in [0.3, 0.4) is 0 Å². The average Bonchev–Trinajstić information content (AvgIpc) is 3.28. The fraction of sp³-hybridized carbons (Fsp3) is 0.333. The van der Waals surface area contributed by atoms with Gasteiger partial charge in [0, 0.05) is 31.6 Å². The van der Waals surface area contributed by atoms with E-state index in [2.05, 4.69) is 27.5 Å². The van der Waals surface area contributed by atoms with E-state index in [4.69, 9.17) is 9.26 Å². The lowest BCUT2D eigenvalue weighted by Gasteiger charge is -2.31. The molecule has 1 atom stereocenters. The number of halogens is 1. The summed E-state index contributed by atoms with van der Waals surface area (Å²) < 4.78 is 23.9. The lowest BCUT2D eigenvalue weighted by Crippen LogP contribution is -2.34. The van der Waals surface area contributed by atoms with Crippen LogP contribution in [0.5, 0.6) is 5.75 Å². The highest BCUT2D eigenvalue weighted by atomic mass is 19.1. The third-order valence-electron chi connectivity index (χ3n) is 5.56. The first-order valence-electron chi connectivity index (χ1n) is 10.5. The van der Waals surface area contributed by atoms with Crippen molar-refractivity contribution in [3.05, 3.63) is 83.0 Å². The highest BCUT2D eigenvalue weighted by molar-refractivity contribution is 5.91. The zero-order valence-corrected chi connectivity index (χ0v) is 17.5. The Kier molecular flexibility index (Phi) is 6.62. The highest BCUT2D eigenvalue weighted by Gasteiger charge is 2.25. The van der Waals surface area contributed by atoms with E-state index in [1.165, 1.54) is 17.7 Å². The first-order chi connectivity index (χ1) is 15.1. The summed E-state index contributed by atoms with van der Waals surface area (Å²) >= 11 is 0. The Morgan fingerprint density at radius 2 is 2.06 bits per heavy atom. The van der Waals surface area contributed by atoms with Gasteiger partial charge in [0.1, 0.15) is 11.6 Å². The van der Waals surface area contributed by atoms with Gasteiger partial charge in [-0.2, -0.15) is 0 Å².